The van der Waals surface area contributed by atoms with Gasteiger partial charge in [-0.2, -0.15) is 0 Å². The molecule has 1 aromatic carbocycles. The Kier molecular flexibility index (Phi) is 3.54. The third-order valence-electron chi connectivity index (χ3n) is 2.75. The molecule has 2 rings (SSSR count). The fourth-order valence-corrected chi connectivity index (χ4v) is 1.78. The van der Waals surface area contributed by atoms with Gasteiger partial charge in [-0.05, 0) is 5.56 Å². The Morgan fingerprint density at radius 2 is 1.88 bits per heavy atom. The van der Waals surface area contributed by atoms with Crippen molar-refractivity contribution < 1.29 is 9.53 Å². The minimum atomic E-state index is -0.556. The smallest absolute Gasteiger partial charge is 0.244 e. The summed E-state index contributed by atoms with van der Waals surface area (Å²) in [6.45, 7) is 2.49. The highest BCUT2D eigenvalue weighted by molar-refractivity contribution is 5.83. The van der Waals surface area contributed by atoms with E-state index in [9.17, 15) is 4.79 Å². The average Bonchev–Trinajstić information content (AvgIpc) is 2.39. The molecule has 0 unspecified atom stereocenters. The molecule has 4 nitrogen and oxygen atoms in total. The van der Waals surface area contributed by atoms with Gasteiger partial charge < -0.3 is 15.4 Å². The SMILES string of the molecule is N[C@H](C(=O)N1CCOCC1)c1ccccc1. The first-order valence-corrected chi connectivity index (χ1v) is 5.46. The Hall–Kier alpha value is -1.39. The van der Waals surface area contributed by atoms with Crippen molar-refractivity contribution >= 4 is 5.91 Å². The van der Waals surface area contributed by atoms with Crippen LogP contribution in [0.2, 0.25) is 0 Å². The zero-order chi connectivity index (χ0) is 11.4. The molecule has 1 atom stereocenters. The molecule has 1 heterocycles. The number of hydrogen-bond acceptors (Lipinski definition) is 3. The van der Waals surface area contributed by atoms with Crippen LogP contribution in [0.25, 0.3) is 0 Å². The molecule has 0 spiro atoms. The van der Waals surface area contributed by atoms with Crippen LogP contribution in [-0.4, -0.2) is 37.1 Å². The maximum absolute atomic E-state index is 12.0. The lowest BCUT2D eigenvalue weighted by molar-refractivity contribution is -0.136. The van der Waals surface area contributed by atoms with E-state index in [1.165, 1.54) is 0 Å². The van der Waals surface area contributed by atoms with Crippen LogP contribution in [0.1, 0.15) is 11.6 Å². The van der Waals surface area contributed by atoms with Gasteiger partial charge in [0.25, 0.3) is 0 Å². The van der Waals surface area contributed by atoms with Gasteiger partial charge in [0.2, 0.25) is 5.91 Å². The van der Waals surface area contributed by atoms with E-state index in [0.717, 1.165) is 5.56 Å². The van der Waals surface area contributed by atoms with Crippen LogP contribution in [0.15, 0.2) is 30.3 Å². The molecule has 0 radical (unpaired) electrons. The lowest BCUT2D eigenvalue weighted by Gasteiger charge is -2.29. The molecule has 2 N–H and O–H groups in total. The quantitative estimate of drug-likeness (QED) is 0.791. The lowest BCUT2D eigenvalue weighted by Crippen LogP contribution is -2.45. The second kappa shape index (κ2) is 5.09. The molecule has 16 heavy (non-hydrogen) atoms. The van der Waals surface area contributed by atoms with Gasteiger partial charge in [0.15, 0.2) is 0 Å². The van der Waals surface area contributed by atoms with Gasteiger partial charge in [0.1, 0.15) is 6.04 Å². The van der Waals surface area contributed by atoms with Crippen molar-refractivity contribution in [3.63, 3.8) is 0 Å². The highest BCUT2D eigenvalue weighted by Gasteiger charge is 2.23. The van der Waals surface area contributed by atoms with E-state index in [4.69, 9.17) is 10.5 Å². The molecule has 1 saturated heterocycles. The van der Waals surface area contributed by atoms with Gasteiger partial charge in [0.05, 0.1) is 13.2 Å². The normalized spacial score (nSPS) is 18.2. The van der Waals surface area contributed by atoms with Crippen molar-refractivity contribution in [3.05, 3.63) is 35.9 Å². The van der Waals surface area contributed by atoms with Gasteiger partial charge in [-0.1, -0.05) is 30.3 Å². The van der Waals surface area contributed by atoms with Crippen LogP contribution >= 0.6 is 0 Å². The Morgan fingerprint density at radius 3 is 2.50 bits per heavy atom. The number of rotatable bonds is 2. The molecule has 0 aromatic heterocycles. The van der Waals surface area contributed by atoms with Gasteiger partial charge in [-0.15, -0.1) is 0 Å². The summed E-state index contributed by atoms with van der Waals surface area (Å²) in [7, 11) is 0. The van der Waals surface area contributed by atoms with Gasteiger partial charge in [0, 0.05) is 13.1 Å². The summed E-state index contributed by atoms with van der Waals surface area (Å²) in [5.41, 5.74) is 6.80. The summed E-state index contributed by atoms with van der Waals surface area (Å²) in [6, 6.07) is 8.89. The van der Waals surface area contributed by atoms with Crippen molar-refractivity contribution in [2.75, 3.05) is 26.3 Å². The molecule has 0 bridgehead atoms. The summed E-state index contributed by atoms with van der Waals surface area (Å²) in [5, 5.41) is 0. The lowest BCUT2D eigenvalue weighted by atomic mass is 10.1. The van der Waals surface area contributed by atoms with Crippen LogP contribution < -0.4 is 5.73 Å². The summed E-state index contributed by atoms with van der Waals surface area (Å²) in [5.74, 6) is -0.0190. The standard InChI is InChI=1S/C12H16N2O2/c13-11(10-4-2-1-3-5-10)12(15)14-6-8-16-9-7-14/h1-5,11H,6-9,13H2/t11-/m0/s1. The van der Waals surface area contributed by atoms with Crippen LogP contribution in [0, 0.1) is 0 Å². The van der Waals surface area contributed by atoms with Crippen LogP contribution in [0.5, 0.6) is 0 Å². The van der Waals surface area contributed by atoms with Crippen molar-refractivity contribution in [3.8, 4) is 0 Å². The zero-order valence-corrected chi connectivity index (χ0v) is 9.13. The van der Waals surface area contributed by atoms with Crippen LogP contribution in [0.3, 0.4) is 0 Å². The number of nitrogens with two attached hydrogens (primary N) is 1. The number of nitrogens with zero attached hydrogens (tertiary/aromatic N) is 1. The number of morpholine rings is 1. The maximum atomic E-state index is 12.0. The predicted molar refractivity (Wildman–Crippen MR) is 60.8 cm³/mol. The Morgan fingerprint density at radius 1 is 1.25 bits per heavy atom. The Labute approximate surface area is 95.0 Å². The molecule has 1 fully saturated rings. The maximum Gasteiger partial charge on any atom is 0.244 e. The first-order chi connectivity index (χ1) is 7.79. The second-order valence-electron chi connectivity index (χ2n) is 3.83. The number of carbonyl (C=O) groups excluding carboxylic acids is 1. The van der Waals surface area contributed by atoms with Crippen molar-refractivity contribution in [1.29, 1.82) is 0 Å². The number of benzene rings is 1. The van der Waals surface area contributed by atoms with E-state index in [1.54, 1.807) is 4.90 Å². The Balaban J connectivity index is 2.04. The van der Waals surface area contributed by atoms with Gasteiger partial charge in [-0.3, -0.25) is 4.79 Å². The van der Waals surface area contributed by atoms with Crippen molar-refractivity contribution in [1.82, 2.24) is 4.90 Å². The molecule has 0 saturated carbocycles. The summed E-state index contributed by atoms with van der Waals surface area (Å²) in [4.78, 5) is 13.8. The highest BCUT2D eigenvalue weighted by Crippen LogP contribution is 2.13. The Bertz CT molecular complexity index is 347. The van der Waals surface area contributed by atoms with E-state index >= 15 is 0 Å². The molecule has 0 aliphatic carbocycles. The fourth-order valence-electron chi connectivity index (χ4n) is 1.78. The number of ether oxygens (including phenoxy) is 1. The van der Waals surface area contributed by atoms with Crippen LogP contribution in [0.4, 0.5) is 0 Å². The first kappa shape index (κ1) is 11.1. The van der Waals surface area contributed by atoms with E-state index in [2.05, 4.69) is 0 Å². The van der Waals surface area contributed by atoms with Gasteiger partial charge >= 0.3 is 0 Å². The largest absolute Gasteiger partial charge is 0.378 e. The summed E-state index contributed by atoms with van der Waals surface area (Å²) in [6.07, 6.45) is 0. The number of amides is 1. The molecule has 1 aliphatic heterocycles. The number of hydrogen-bond donors (Lipinski definition) is 1. The second-order valence-corrected chi connectivity index (χ2v) is 3.83. The monoisotopic (exact) mass is 220 g/mol. The molecule has 1 aliphatic rings. The molecule has 1 aromatic rings. The van der Waals surface area contributed by atoms with E-state index in [-0.39, 0.29) is 5.91 Å². The summed E-state index contributed by atoms with van der Waals surface area (Å²) >= 11 is 0. The molecule has 86 valence electrons. The van der Waals surface area contributed by atoms with Gasteiger partial charge in [-0.25, -0.2) is 0 Å². The predicted octanol–water partition coefficient (Wildman–Crippen LogP) is 0.545. The topological polar surface area (TPSA) is 55.6 Å². The fraction of sp³-hybridized carbons (Fsp3) is 0.417. The molecule has 1 amide bonds. The van der Waals surface area contributed by atoms with E-state index in [1.807, 2.05) is 30.3 Å². The van der Waals surface area contributed by atoms with E-state index in [0.29, 0.717) is 26.3 Å². The number of carbonyl (C=O) groups is 1. The third kappa shape index (κ3) is 2.40. The van der Waals surface area contributed by atoms with E-state index < -0.39 is 6.04 Å². The minimum absolute atomic E-state index is 0.0190. The van der Waals surface area contributed by atoms with Crippen molar-refractivity contribution in [2.24, 2.45) is 5.73 Å². The first-order valence-electron chi connectivity index (χ1n) is 5.46. The molecular formula is C12H16N2O2. The average molecular weight is 220 g/mol. The highest BCUT2D eigenvalue weighted by atomic mass is 16.5. The molecule has 4 heteroatoms. The summed E-state index contributed by atoms with van der Waals surface area (Å²) < 4.78 is 5.20. The van der Waals surface area contributed by atoms with Crippen molar-refractivity contribution in [2.45, 2.75) is 6.04 Å². The third-order valence-corrected chi connectivity index (χ3v) is 2.75. The zero-order valence-electron chi connectivity index (χ0n) is 9.13. The van der Waals surface area contributed by atoms with Crippen LogP contribution in [-0.2, 0) is 9.53 Å². The molecular weight excluding hydrogens is 204 g/mol. The minimum Gasteiger partial charge on any atom is -0.378 e.